The fraction of sp³-hybridized carbons (Fsp3) is 0.412. The zero-order valence-electron chi connectivity index (χ0n) is 27.4. The van der Waals surface area contributed by atoms with E-state index in [2.05, 4.69) is 34.1 Å². The van der Waals surface area contributed by atoms with Gasteiger partial charge in [-0.05, 0) is 73.6 Å². The molecule has 2 aromatic carbocycles. The molecule has 2 heterocycles. The second kappa shape index (κ2) is 15.4. The fourth-order valence-electron chi connectivity index (χ4n) is 5.80. The fourth-order valence-corrected chi connectivity index (χ4v) is 7.27. The van der Waals surface area contributed by atoms with Crippen LogP contribution >= 0.6 is 0 Å². The van der Waals surface area contributed by atoms with E-state index in [9.17, 15) is 36.0 Å². The van der Waals surface area contributed by atoms with Gasteiger partial charge in [-0.3, -0.25) is 19.4 Å². The number of rotatable bonds is 14. The molecule has 0 radical (unpaired) electrons. The molecule has 1 spiro atoms. The maximum atomic E-state index is 13.7. The van der Waals surface area contributed by atoms with Crippen molar-refractivity contribution in [1.82, 2.24) is 20.3 Å². The number of carbonyl (C=O) groups is 3. The van der Waals surface area contributed by atoms with E-state index in [1.54, 1.807) is 25.1 Å². The van der Waals surface area contributed by atoms with Crippen LogP contribution in [0, 0.1) is 6.92 Å². The molecule has 0 aromatic heterocycles. The third kappa shape index (κ3) is 8.76. The molecule has 0 aliphatic carbocycles. The number of hydrogen-bond donors (Lipinski definition) is 3. The van der Waals surface area contributed by atoms with Crippen LogP contribution < -0.4 is 20.7 Å². The molecule has 1 saturated heterocycles. The number of sulfonamides is 1. The second-order valence-corrected chi connectivity index (χ2v) is 13.9. The Morgan fingerprint density at radius 3 is 2.49 bits per heavy atom. The Hall–Kier alpha value is -4.50. The summed E-state index contributed by atoms with van der Waals surface area (Å²) >= 11 is 0. The Bertz CT molecular complexity index is 1770. The highest BCUT2D eigenvalue weighted by atomic mass is 32.2. The van der Waals surface area contributed by atoms with Crippen molar-refractivity contribution in [3.8, 4) is 5.75 Å². The molecule has 4 rings (SSSR count). The molecule has 1 fully saturated rings. The van der Waals surface area contributed by atoms with E-state index in [4.69, 9.17) is 4.74 Å². The predicted molar refractivity (Wildman–Crippen MR) is 179 cm³/mol. The van der Waals surface area contributed by atoms with Crippen molar-refractivity contribution in [3.63, 3.8) is 0 Å². The van der Waals surface area contributed by atoms with Gasteiger partial charge in [0.05, 0.1) is 24.3 Å². The van der Waals surface area contributed by atoms with E-state index in [0.29, 0.717) is 28.7 Å². The van der Waals surface area contributed by atoms with Crippen LogP contribution in [0.15, 0.2) is 60.6 Å². The molecular weight excluding hydrogens is 663 g/mol. The molecular formula is C34H40F3N5O6S. The summed E-state index contributed by atoms with van der Waals surface area (Å²) in [6, 6.07) is 6.39. The Labute approximate surface area is 283 Å². The van der Waals surface area contributed by atoms with Crippen molar-refractivity contribution < 1.29 is 40.7 Å². The van der Waals surface area contributed by atoms with Crippen molar-refractivity contribution in [3.05, 3.63) is 89.0 Å². The van der Waals surface area contributed by atoms with Crippen LogP contribution in [0.3, 0.4) is 0 Å². The van der Waals surface area contributed by atoms with Crippen molar-refractivity contribution in [2.75, 3.05) is 39.0 Å². The number of piperidine rings is 1. The summed E-state index contributed by atoms with van der Waals surface area (Å²) in [4.78, 5) is 42.7. The first-order chi connectivity index (χ1) is 23.1. The van der Waals surface area contributed by atoms with Crippen molar-refractivity contribution in [2.45, 2.75) is 50.7 Å². The first-order valence-electron chi connectivity index (χ1n) is 15.7. The largest absolute Gasteiger partial charge is 0.493 e. The summed E-state index contributed by atoms with van der Waals surface area (Å²) in [5.41, 5.74) is -0.151. The van der Waals surface area contributed by atoms with Gasteiger partial charge in [-0.1, -0.05) is 18.2 Å². The van der Waals surface area contributed by atoms with Crippen LogP contribution in [0.1, 0.15) is 57.4 Å². The Morgan fingerprint density at radius 2 is 1.86 bits per heavy atom. The third-order valence-corrected chi connectivity index (χ3v) is 10.5. The van der Waals surface area contributed by atoms with Gasteiger partial charge < -0.3 is 20.7 Å². The van der Waals surface area contributed by atoms with Gasteiger partial charge in [-0.2, -0.15) is 13.2 Å². The predicted octanol–water partition coefficient (Wildman–Crippen LogP) is 3.46. The van der Waals surface area contributed by atoms with Gasteiger partial charge in [0.2, 0.25) is 15.9 Å². The molecule has 3 amide bonds. The number of nitrogens with zero attached hydrogens (tertiary/aromatic N) is 2. The van der Waals surface area contributed by atoms with Gasteiger partial charge in [-0.15, -0.1) is 13.2 Å². The maximum absolute atomic E-state index is 13.7. The molecule has 0 bridgehead atoms. The number of nitrogens with one attached hydrogen (secondary N) is 3. The second-order valence-electron chi connectivity index (χ2n) is 11.8. The molecule has 0 unspecified atom stereocenters. The van der Waals surface area contributed by atoms with Crippen molar-refractivity contribution >= 4 is 33.6 Å². The van der Waals surface area contributed by atoms with Gasteiger partial charge in [0.1, 0.15) is 17.1 Å². The Balaban J connectivity index is 1.48. The first-order valence-corrected chi connectivity index (χ1v) is 17.3. The molecule has 264 valence electrons. The average Bonchev–Trinajstić information content (AvgIpc) is 3.38. The minimum atomic E-state index is -4.67. The van der Waals surface area contributed by atoms with Crippen LogP contribution in [-0.4, -0.2) is 80.9 Å². The van der Waals surface area contributed by atoms with Crippen LogP contribution in [-0.2, 0) is 38.6 Å². The smallest absolute Gasteiger partial charge is 0.416 e. The molecule has 15 heteroatoms. The highest BCUT2D eigenvalue weighted by molar-refractivity contribution is 7.89. The quantitative estimate of drug-likeness (QED) is 0.203. The van der Waals surface area contributed by atoms with Crippen LogP contribution in [0.4, 0.5) is 13.2 Å². The van der Waals surface area contributed by atoms with Gasteiger partial charge >= 0.3 is 6.18 Å². The number of hydrogen-bond acceptors (Lipinski definition) is 7. The lowest BCUT2D eigenvalue weighted by atomic mass is 9.89. The number of ether oxygens (including phenoxy) is 1. The van der Waals surface area contributed by atoms with Crippen molar-refractivity contribution in [1.29, 1.82) is 0 Å². The van der Waals surface area contributed by atoms with E-state index in [1.165, 1.54) is 23.5 Å². The van der Waals surface area contributed by atoms with Crippen LogP contribution in [0.25, 0.3) is 0 Å². The normalized spacial score (nSPS) is 16.1. The summed E-state index contributed by atoms with van der Waals surface area (Å²) in [6.45, 7) is 9.22. The Morgan fingerprint density at radius 1 is 1.14 bits per heavy atom. The standard InChI is InChI=1S/C34H40F3N5O6S/c1-5-7-16-48-26-19-24(18-25(20-26)34(35,36)37)30-40-32(45)33(41-30)11-14-42(15-12-33)49(46,47)17-10-23-8-9-27(31(44)38-4)28(22(23)3)21-29(43)39-13-6-2/h5-6,8-9,18-20H,1-2,7,10-17,21H2,3-4H3,(H,38,44)(H,39,43)(H,40,41,45). The van der Waals surface area contributed by atoms with E-state index >= 15 is 0 Å². The van der Waals surface area contributed by atoms with Gasteiger partial charge in [0, 0.05) is 37.8 Å². The molecule has 11 nitrogen and oxygen atoms in total. The third-order valence-electron chi connectivity index (χ3n) is 8.61. The topological polar surface area (TPSA) is 146 Å². The summed E-state index contributed by atoms with van der Waals surface area (Å²) in [5, 5.41) is 7.84. The minimum absolute atomic E-state index is 0.0195. The number of amides is 3. The van der Waals surface area contributed by atoms with Gasteiger partial charge in [0.25, 0.3) is 11.8 Å². The zero-order valence-corrected chi connectivity index (χ0v) is 28.2. The summed E-state index contributed by atoms with van der Waals surface area (Å²) in [5.74, 6) is -1.53. The molecule has 2 aromatic rings. The highest BCUT2D eigenvalue weighted by Gasteiger charge is 2.47. The van der Waals surface area contributed by atoms with Gasteiger partial charge in [0.15, 0.2) is 0 Å². The summed E-state index contributed by atoms with van der Waals surface area (Å²) in [6.07, 6.45) is -1.03. The van der Waals surface area contributed by atoms with Crippen molar-refractivity contribution in [2.24, 2.45) is 4.99 Å². The maximum Gasteiger partial charge on any atom is 0.416 e. The number of carbonyl (C=O) groups excluding carboxylic acids is 3. The SMILES string of the molecule is C=CCCOc1cc(C2=NC3(CCN(S(=O)(=O)CCc4ccc(C(=O)NC)c(CC(=O)NCC=C)c4C)CC3)C(=O)N2)cc(C(F)(F)F)c1. The number of alkyl halides is 3. The number of amidine groups is 1. The van der Waals surface area contributed by atoms with Crippen LogP contribution in [0.2, 0.25) is 0 Å². The molecule has 49 heavy (non-hydrogen) atoms. The molecule has 2 aliphatic rings. The molecule has 0 atom stereocenters. The minimum Gasteiger partial charge on any atom is -0.493 e. The highest BCUT2D eigenvalue weighted by Crippen LogP contribution is 2.36. The number of aryl methyl sites for hydroxylation is 1. The molecule has 2 aliphatic heterocycles. The lowest BCUT2D eigenvalue weighted by molar-refractivity contribution is -0.137. The summed E-state index contributed by atoms with van der Waals surface area (Å²) < 4.78 is 74.7. The van der Waals surface area contributed by atoms with Gasteiger partial charge in [-0.25, -0.2) is 12.7 Å². The molecule has 0 saturated carbocycles. The van der Waals surface area contributed by atoms with E-state index in [1.807, 2.05) is 0 Å². The number of aliphatic imine (C=N–C) groups is 1. The Kier molecular flexibility index (Phi) is 11.7. The number of halogens is 3. The van der Waals surface area contributed by atoms with Crippen LogP contribution in [0.5, 0.6) is 5.75 Å². The zero-order chi connectivity index (χ0) is 36.0. The molecule has 3 N–H and O–H groups in total. The van der Waals surface area contributed by atoms with E-state index in [-0.39, 0.29) is 86.6 Å². The lowest BCUT2D eigenvalue weighted by Gasteiger charge is -2.34. The van der Waals surface area contributed by atoms with E-state index < -0.39 is 33.2 Å². The number of benzene rings is 2. The average molecular weight is 704 g/mol. The lowest BCUT2D eigenvalue weighted by Crippen LogP contribution is -2.50. The first kappa shape index (κ1) is 37.3. The monoisotopic (exact) mass is 703 g/mol. The van der Waals surface area contributed by atoms with E-state index in [0.717, 1.165) is 12.1 Å². The summed E-state index contributed by atoms with van der Waals surface area (Å²) in [7, 11) is -2.33.